The third kappa shape index (κ3) is 5.71. The molecule has 0 saturated carbocycles. The molecule has 1 fully saturated rings. The van der Waals surface area contributed by atoms with Crippen LogP contribution in [0.2, 0.25) is 0 Å². The summed E-state index contributed by atoms with van der Waals surface area (Å²) in [6.45, 7) is 5.78. The number of rotatable bonds is 9. The van der Waals surface area contributed by atoms with Crippen LogP contribution in [0, 0.1) is 0 Å². The molecule has 4 rings (SSSR count). The summed E-state index contributed by atoms with van der Waals surface area (Å²) in [6, 6.07) is 11.9. The van der Waals surface area contributed by atoms with Gasteiger partial charge in [0.2, 0.25) is 0 Å². The molecule has 8 nitrogen and oxygen atoms in total. The van der Waals surface area contributed by atoms with E-state index in [2.05, 4.69) is 21.7 Å². The zero-order valence-corrected chi connectivity index (χ0v) is 20.5. The van der Waals surface area contributed by atoms with Gasteiger partial charge in [-0.05, 0) is 44.7 Å². The molecule has 2 N–H and O–H groups in total. The number of carbonyl (C=O) groups excluding carboxylic acids is 2. The Balaban J connectivity index is 1.77. The molecule has 8 heteroatoms. The fourth-order valence-electron chi connectivity index (χ4n) is 4.22. The van der Waals surface area contributed by atoms with E-state index in [1.165, 1.54) is 12.7 Å². The summed E-state index contributed by atoms with van der Waals surface area (Å²) >= 11 is 0. The maximum Gasteiger partial charge on any atom is 0.356 e. The number of allylic oxidation sites excluding steroid dienone is 1. The molecule has 0 spiro atoms. The lowest BCUT2D eigenvalue weighted by Crippen LogP contribution is -2.28. The van der Waals surface area contributed by atoms with Gasteiger partial charge in [-0.25, -0.2) is 9.78 Å². The first-order valence-electron chi connectivity index (χ1n) is 11.9. The molecule has 3 heterocycles. The van der Waals surface area contributed by atoms with Gasteiger partial charge in [-0.1, -0.05) is 42.0 Å². The van der Waals surface area contributed by atoms with Gasteiger partial charge in [0.05, 0.1) is 24.7 Å². The van der Waals surface area contributed by atoms with E-state index in [9.17, 15) is 9.59 Å². The summed E-state index contributed by atoms with van der Waals surface area (Å²) in [5.74, 6) is -0.796. The van der Waals surface area contributed by atoms with E-state index in [4.69, 9.17) is 9.47 Å². The van der Waals surface area contributed by atoms with Crippen molar-refractivity contribution in [2.45, 2.75) is 45.8 Å². The molecule has 1 aliphatic heterocycles. The molecule has 1 amide bonds. The molecule has 0 bridgehead atoms. The molecular formula is C27H32N4O4. The number of ether oxygens (including phenoxy) is 2. The molecule has 3 aromatic rings. The fraction of sp³-hybridized carbons (Fsp3) is 0.370. The largest absolute Gasteiger partial charge is 0.464 e. The lowest BCUT2D eigenvalue weighted by atomic mass is 10.1. The highest BCUT2D eigenvalue weighted by molar-refractivity contribution is 6.12. The minimum absolute atomic E-state index is 0.266. The van der Waals surface area contributed by atoms with Crippen molar-refractivity contribution >= 4 is 34.3 Å². The van der Waals surface area contributed by atoms with Crippen LogP contribution >= 0.6 is 0 Å². The summed E-state index contributed by atoms with van der Waals surface area (Å²) in [5, 5.41) is 6.97. The molecule has 184 valence electrons. The molecule has 1 saturated heterocycles. The summed E-state index contributed by atoms with van der Waals surface area (Å²) in [4.78, 5) is 30.7. The van der Waals surface area contributed by atoms with E-state index < -0.39 is 12.1 Å². The van der Waals surface area contributed by atoms with Crippen LogP contribution in [0.15, 0.2) is 54.2 Å². The van der Waals surface area contributed by atoms with Crippen molar-refractivity contribution in [3.8, 4) is 0 Å². The monoisotopic (exact) mass is 476 g/mol. The maximum absolute atomic E-state index is 13.0. The van der Waals surface area contributed by atoms with Crippen LogP contribution in [0.3, 0.4) is 0 Å². The number of aromatic nitrogens is 2. The average Bonchev–Trinajstić information content (AvgIpc) is 3.50. The fourth-order valence-corrected chi connectivity index (χ4v) is 4.22. The van der Waals surface area contributed by atoms with Crippen molar-refractivity contribution in [3.63, 3.8) is 0 Å². The second-order valence-electron chi connectivity index (χ2n) is 8.85. The number of nitrogens with zero attached hydrogens (tertiary/aromatic N) is 2. The second-order valence-corrected chi connectivity index (χ2v) is 8.85. The highest BCUT2D eigenvalue weighted by Crippen LogP contribution is 2.33. The molecule has 1 aliphatic rings. The molecule has 35 heavy (non-hydrogen) atoms. The van der Waals surface area contributed by atoms with Crippen LogP contribution in [0.4, 0.5) is 11.4 Å². The van der Waals surface area contributed by atoms with Gasteiger partial charge in [-0.15, -0.1) is 0 Å². The average molecular weight is 477 g/mol. The number of nitrogens with one attached hydrogen (secondary N) is 2. The molecule has 0 aliphatic carbocycles. The van der Waals surface area contributed by atoms with Crippen molar-refractivity contribution < 1.29 is 19.1 Å². The van der Waals surface area contributed by atoms with Crippen LogP contribution in [-0.2, 0) is 27.2 Å². The minimum Gasteiger partial charge on any atom is -0.464 e. The van der Waals surface area contributed by atoms with Gasteiger partial charge in [-0.3, -0.25) is 4.79 Å². The predicted molar refractivity (Wildman–Crippen MR) is 137 cm³/mol. The zero-order valence-electron chi connectivity index (χ0n) is 20.5. The number of hydrogen-bond donors (Lipinski definition) is 2. The number of benzene rings is 1. The molecule has 1 unspecified atom stereocenters. The topological polar surface area (TPSA) is 94.5 Å². The Hall–Kier alpha value is -3.65. The van der Waals surface area contributed by atoms with E-state index in [0.717, 1.165) is 17.7 Å². The first-order chi connectivity index (χ1) is 17.0. The SMILES string of the molecule is COC(=O)c1c(NC(=O)C2CCCO2)c2cc(NCC=C(C)C)cnc2n1CCc1ccccc1. The quantitative estimate of drug-likeness (QED) is 0.347. The Morgan fingerprint density at radius 2 is 2.06 bits per heavy atom. The highest BCUT2D eigenvalue weighted by Gasteiger charge is 2.30. The number of fused-ring (bicyclic) bond motifs is 1. The van der Waals surface area contributed by atoms with E-state index in [1.54, 1.807) is 6.20 Å². The Morgan fingerprint density at radius 1 is 1.26 bits per heavy atom. The number of pyridine rings is 1. The smallest absolute Gasteiger partial charge is 0.356 e. The van der Waals surface area contributed by atoms with Gasteiger partial charge < -0.3 is 24.7 Å². The predicted octanol–water partition coefficient (Wildman–Crippen LogP) is 4.56. The standard InChI is InChI=1S/C27H32N4O4/c1-18(2)11-13-28-20-16-21-23(30-26(32)22-10-7-15-35-22)24(27(33)34-3)31(25(21)29-17-20)14-12-19-8-5-4-6-9-19/h4-6,8-9,11,16-17,22,28H,7,10,12-15H2,1-3H3,(H,30,32). The number of anilines is 2. The third-order valence-electron chi connectivity index (χ3n) is 6.03. The molecule has 1 atom stereocenters. The van der Waals surface area contributed by atoms with Gasteiger partial charge in [0.25, 0.3) is 5.91 Å². The first-order valence-corrected chi connectivity index (χ1v) is 11.9. The molecule has 2 aromatic heterocycles. The van der Waals surface area contributed by atoms with Crippen molar-refractivity contribution in [2.24, 2.45) is 0 Å². The van der Waals surface area contributed by atoms with Crippen LogP contribution in [-0.4, -0.2) is 47.8 Å². The number of methoxy groups -OCH3 is 1. The van der Waals surface area contributed by atoms with E-state index in [0.29, 0.717) is 49.3 Å². The van der Waals surface area contributed by atoms with Gasteiger partial charge >= 0.3 is 5.97 Å². The lowest BCUT2D eigenvalue weighted by Gasteiger charge is -2.13. The number of esters is 1. The van der Waals surface area contributed by atoms with Gasteiger partial charge in [0, 0.05) is 25.1 Å². The van der Waals surface area contributed by atoms with Crippen LogP contribution in [0.5, 0.6) is 0 Å². The van der Waals surface area contributed by atoms with Crippen LogP contribution in [0.1, 0.15) is 42.7 Å². The Bertz CT molecular complexity index is 1220. The number of amides is 1. The molecule has 0 radical (unpaired) electrons. The second kappa shape index (κ2) is 11.2. The summed E-state index contributed by atoms with van der Waals surface area (Å²) in [6.07, 6.45) is 5.47. The number of aryl methyl sites for hydroxylation is 2. The van der Waals surface area contributed by atoms with Crippen LogP contribution < -0.4 is 10.6 Å². The normalized spacial score (nSPS) is 15.1. The van der Waals surface area contributed by atoms with E-state index in [1.807, 2.05) is 54.8 Å². The molecular weight excluding hydrogens is 444 g/mol. The molecule has 1 aromatic carbocycles. The third-order valence-corrected chi connectivity index (χ3v) is 6.03. The van der Waals surface area contributed by atoms with Crippen molar-refractivity contribution in [1.29, 1.82) is 0 Å². The number of hydrogen-bond acceptors (Lipinski definition) is 6. The Morgan fingerprint density at radius 3 is 2.74 bits per heavy atom. The summed E-state index contributed by atoms with van der Waals surface area (Å²) in [5.41, 5.74) is 4.42. The van der Waals surface area contributed by atoms with E-state index in [-0.39, 0.29) is 11.6 Å². The van der Waals surface area contributed by atoms with Crippen molar-refractivity contribution in [1.82, 2.24) is 9.55 Å². The van der Waals surface area contributed by atoms with Gasteiger partial charge in [0.15, 0.2) is 5.69 Å². The summed E-state index contributed by atoms with van der Waals surface area (Å²) < 4.78 is 12.5. The minimum atomic E-state index is -0.532. The Labute approximate surface area is 205 Å². The van der Waals surface area contributed by atoms with Crippen molar-refractivity contribution in [2.75, 3.05) is 30.9 Å². The van der Waals surface area contributed by atoms with Gasteiger partial charge in [0.1, 0.15) is 11.8 Å². The van der Waals surface area contributed by atoms with Crippen LogP contribution in [0.25, 0.3) is 11.0 Å². The zero-order chi connectivity index (χ0) is 24.8. The van der Waals surface area contributed by atoms with Crippen molar-refractivity contribution in [3.05, 3.63) is 65.5 Å². The Kier molecular flexibility index (Phi) is 7.82. The number of carbonyl (C=O) groups is 2. The lowest BCUT2D eigenvalue weighted by molar-refractivity contribution is -0.124. The van der Waals surface area contributed by atoms with Gasteiger partial charge in [-0.2, -0.15) is 0 Å². The van der Waals surface area contributed by atoms with E-state index >= 15 is 0 Å². The summed E-state index contributed by atoms with van der Waals surface area (Å²) in [7, 11) is 1.34. The maximum atomic E-state index is 13.0. The first kappa shape index (κ1) is 24.5. The highest BCUT2D eigenvalue weighted by atomic mass is 16.5.